The second-order valence-electron chi connectivity index (χ2n) is 12.8. The topological polar surface area (TPSA) is 268 Å². The number of amides is 1. The van der Waals surface area contributed by atoms with Gasteiger partial charge in [-0.1, -0.05) is 6.92 Å². The minimum Gasteiger partial charge on any atom is -0.465 e. The molecule has 5 unspecified atom stereocenters. The van der Waals surface area contributed by atoms with Gasteiger partial charge in [0, 0.05) is 71.2 Å². The standard InChI is InChI=1S/C33H61NO16/c1-5-31(19-39,11-26(15-37)17-47-29(44)8-6-24(2)42)49-23-33(21-41,50-22-32(20-40,46-4)10-25(13-35)14-36)12-27(16-38)18-48-30(45)9-7-28(43)34-3/h25-27,35-41H,5-23H2,1-4H3,(H,34,43). The Morgan fingerprint density at radius 3 is 1.44 bits per heavy atom. The van der Waals surface area contributed by atoms with Gasteiger partial charge in [0.2, 0.25) is 5.91 Å². The number of carbonyl (C=O) groups excluding carboxylic acids is 4. The molecule has 0 fully saturated rings. The van der Waals surface area contributed by atoms with Gasteiger partial charge in [-0.25, -0.2) is 0 Å². The molecule has 50 heavy (non-hydrogen) atoms. The molecule has 0 heterocycles. The minimum atomic E-state index is -1.68. The van der Waals surface area contributed by atoms with Gasteiger partial charge in [-0.15, -0.1) is 0 Å². The van der Waals surface area contributed by atoms with Crippen LogP contribution in [0.5, 0.6) is 0 Å². The molecular formula is C33H61NO16. The first-order valence-electron chi connectivity index (χ1n) is 16.8. The fourth-order valence-electron chi connectivity index (χ4n) is 5.09. The van der Waals surface area contributed by atoms with E-state index in [1.807, 2.05) is 0 Å². The van der Waals surface area contributed by atoms with Crippen LogP contribution in [0.15, 0.2) is 0 Å². The van der Waals surface area contributed by atoms with Crippen LogP contribution < -0.4 is 5.32 Å². The largest absolute Gasteiger partial charge is 0.465 e. The number of rotatable bonds is 31. The molecule has 0 aromatic carbocycles. The number of nitrogens with one attached hydrogen (secondary N) is 1. The predicted molar refractivity (Wildman–Crippen MR) is 176 cm³/mol. The van der Waals surface area contributed by atoms with Crippen LogP contribution in [0, 0.1) is 17.8 Å². The second kappa shape index (κ2) is 25.6. The number of hydrogen-bond acceptors (Lipinski definition) is 16. The van der Waals surface area contributed by atoms with E-state index in [0.29, 0.717) is 0 Å². The number of aliphatic hydroxyl groups is 7. The molecule has 17 heteroatoms. The van der Waals surface area contributed by atoms with Gasteiger partial charge in [-0.05, 0) is 32.6 Å². The van der Waals surface area contributed by atoms with Crippen LogP contribution in [0.2, 0.25) is 0 Å². The Kier molecular flexibility index (Phi) is 24.4. The number of hydrogen-bond donors (Lipinski definition) is 8. The molecule has 0 saturated heterocycles. The summed E-state index contributed by atoms with van der Waals surface area (Å²) in [4.78, 5) is 47.1. The molecule has 0 aliphatic carbocycles. The highest BCUT2D eigenvalue weighted by atomic mass is 16.6. The number of Topliss-reactive ketones (excluding diaryl/α,β-unsaturated/α-hetero) is 1. The number of esters is 2. The summed E-state index contributed by atoms with van der Waals surface area (Å²) in [5.41, 5.74) is -4.49. The minimum absolute atomic E-state index is 0.00228. The van der Waals surface area contributed by atoms with Gasteiger partial charge in [0.1, 0.15) is 17.0 Å². The van der Waals surface area contributed by atoms with E-state index in [-0.39, 0.29) is 76.3 Å². The van der Waals surface area contributed by atoms with Crippen LogP contribution in [-0.4, -0.2) is 163 Å². The van der Waals surface area contributed by atoms with Crippen molar-refractivity contribution in [2.24, 2.45) is 17.8 Å². The van der Waals surface area contributed by atoms with Crippen molar-refractivity contribution < 1.29 is 78.6 Å². The molecule has 0 radical (unpaired) electrons. The number of methoxy groups -OCH3 is 1. The van der Waals surface area contributed by atoms with Gasteiger partial charge in [0.05, 0.1) is 64.7 Å². The van der Waals surface area contributed by atoms with Gasteiger partial charge in [-0.2, -0.15) is 0 Å². The second-order valence-corrected chi connectivity index (χ2v) is 12.8. The lowest BCUT2D eigenvalue weighted by molar-refractivity contribution is -0.216. The van der Waals surface area contributed by atoms with Crippen molar-refractivity contribution in [3.8, 4) is 0 Å². The molecule has 5 atom stereocenters. The van der Waals surface area contributed by atoms with Crippen molar-refractivity contribution in [3.63, 3.8) is 0 Å². The zero-order valence-electron chi connectivity index (χ0n) is 30.0. The van der Waals surface area contributed by atoms with Gasteiger partial charge in [0.25, 0.3) is 0 Å². The number of ether oxygens (including phenoxy) is 5. The van der Waals surface area contributed by atoms with Crippen molar-refractivity contribution in [2.45, 2.75) is 82.0 Å². The summed E-state index contributed by atoms with van der Waals surface area (Å²) in [6, 6.07) is 0. The SMILES string of the molecule is CCC(CO)(CC(CO)COC(=O)CCC(C)=O)OCC(CO)(CC(CO)COC(=O)CCC(=O)NC)OCC(CO)(CC(CO)CO)OC. The fourth-order valence-corrected chi connectivity index (χ4v) is 5.09. The zero-order valence-corrected chi connectivity index (χ0v) is 30.0. The summed E-state index contributed by atoms with van der Waals surface area (Å²) >= 11 is 0. The Bertz CT molecular complexity index is 969. The molecule has 294 valence electrons. The Labute approximate surface area is 294 Å². The van der Waals surface area contributed by atoms with E-state index in [0.717, 1.165) is 0 Å². The Balaban J connectivity index is 6.25. The normalized spacial score (nSPS) is 16.5. The van der Waals surface area contributed by atoms with Gasteiger partial charge < -0.3 is 69.5 Å². The molecule has 0 aliphatic heterocycles. The number of carbonyl (C=O) groups is 4. The Morgan fingerprint density at radius 1 is 0.620 bits per heavy atom. The third-order valence-corrected chi connectivity index (χ3v) is 8.72. The highest BCUT2D eigenvalue weighted by Gasteiger charge is 2.43. The summed E-state index contributed by atoms with van der Waals surface area (Å²) in [7, 11) is 2.73. The highest BCUT2D eigenvalue weighted by molar-refractivity contribution is 5.81. The quantitative estimate of drug-likeness (QED) is 0.0368. The summed E-state index contributed by atoms with van der Waals surface area (Å²) in [5.74, 6) is -4.06. The van der Waals surface area contributed by atoms with Crippen LogP contribution >= 0.6 is 0 Å². The molecule has 0 aromatic rings. The van der Waals surface area contributed by atoms with Gasteiger partial charge >= 0.3 is 11.9 Å². The Hall–Kier alpha value is -2.32. The third-order valence-electron chi connectivity index (χ3n) is 8.72. The predicted octanol–water partition coefficient (Wildman–Crippen LogP) is -1.76. The maximum absolute atomic E-state index is 12.3. The fraction of sp³-hybridized carbons (Fsp3) is 0.879. The number of ketones is 1. The first-order valence-corrected chi connectivity index (χ1v) is 16.8. The van der Waals surface area contributed by atoms with Gasteiger partial charge in [-0.3, -0.25) is 14.4 Å². The van der Waals surface area contributed by atoms with Crippen molar-refractivity contribution in [2.75, 3.05) is 86.8 Å². The molecule has 0 aliphatic rings. The van der Waals surface area contributed by atoms with E-state index in [9.17, 15) is 54.9 Å². The van der Waals surface area contributed by atoms with E-state index in [1.54, 1.807) is 6.92 Å². The molecule has 0 bridgehead atoms. The lowest BCUT2D eigenvalue weighted by atomic mass is 9.87. The smallest absolute Gasteiger partial charge is 0.306 e. The third kappa shape index (κ3) is 17.7. The lowest BCUT2D eigenvalue weighted by Gasteiger charge is -2.42. The van der Waals surface area contributed by atoms with E-state index in [1.165, 1.54) is 21.1 Å². The first kappa shape index (κ1) is 47.7. The van der Waals surface area contributed by atoms with Crippen molar-refractivity contribution in [1.82, 2.24) is 5.32 Å². The van der Waals surface area contributed by atoms with E-state index in [4.69, 9.17) is 23.7 Å². The summed E-state index contributed by atoms with van der Waals surface area (Å²) in [5, 5.41) is 73.6. The summed E-state index contributed by atoms with van der Waals surface area (Å²) in [6.45, 7) is -1.98. The lowest BCUT2D eigenvalue weighted by Crippen LogP contribution is -2.53. The van der Waals surface area contributed by atoms with Crippen LogP contribution in [0.25, 0.3) is 0 Å². The molecule has 8 N–H and O–H groups in total. The molecule has 0 aromatic heterocycles. The van der Waals surface area contributed by atoms with Crippen LogP contribution in [0.3, 0.4) is 0 Å². The maximum Gasteiger partial charge on any atom is 0.306 e. The highest BCUT2D eigenvalue weighted by Crippen LogP contribution is 2.32. The summed E-state index contributed by atoms with van der Waals surface area (Å²) in [6.07, 6.45) is -0.456. The van der Waals surface area contributed by atoms with Crippen LogP contribution in [-0.2, 0) is 42.9 Å². The first-order chi connectivity index (χ1) is 23.7. The monoisotopic (exact) mass is 727 g/mol. The molecule has 0 spiro atoms. The van der Waals surface area contributed by atoms with Crippen molar-refractivity contribution in [1.29, 1.82) is 0 Å². The molecule has 1 amide bonds. The molecular weight excluding hydrogens is 666 g/mol. The summed E-state index contributed by atoms with van der Waals surface area (Å²) < 4.78 is 28.6. The van der Waals surface area contributed by atoms with Crippen LogP contribution in [0.4, 0.5) is 0 Å². The van der Waals surface area contributed by atoms with E-state index >= 15 is 0 Å². The average Bonchev–Trinajstić information content (AvgIpc) is 3.14. The van der Waals surface area contributed by atoms with Crippen molar-refractivity contribution >= 4 is 23.6 Å². The average molecular weight is 728 g/mol. The molecule has 0 saturated carbocycles. The van der Waals surface area contributed by atoms with E-state index in [2.05, 4.69) is 5.32 Å². The zero-order chi connectivity index (χ0) is 38.2. The number of aliphatic hydroxyl groups excluding tert-OH is 7. The van der Waals surface area contributed by atoms with Crippen LogP contribution in [0.1, 0.15) is 65.2 Å². The van der Waals surface area contributed by atoms with Gasteiger partial charge in [0.15, 0.2) is 0 Å². The Morgan fingerprint density at radius 2 is 1.04 bits per heavy atom. The maximum atomic E-state index is 12.3. The van der Waals surface area contributed by atoms with Crippen molar-refractivity contribution in [3.05, 3.63) is 0 Å². The van der Waals surface area contributed by atoms with E-state index < -0.39 is 106 Å². The molecule has 0 rings (SSSR count). The molecule has 17 nitrogen and oxygen atoms in total.